The maximum atomic E-state index is 11.2. The summed E-state index contributed by atoms with van der Waals surface area (Å²) in [7, 11) is 0. The van der Waals surface area contributed by atoms with Crippen molar-refractivity contribution in [3.63, 3.8) is 0 Å². The molecule has 1 heterocycles. The van der Waals surface area contributed by atoms with E-state index in [-0.39, 0.29) is 5.91 Å². The van der Waals surface area contributed by atoms with Crippen molar-refractivity contribution < 1.29 is 4.79 Å². The van der Waals surface area contributed by atoms with Gasteiger partial charge in [0.05, 0.1) is 0 Å². The highest BCUT2D eigenvalue weighted by Gasteiger charge is 2.31. The van der Waals surface area contributed by atoms with Gasteiger partial charge in [0.25, 0.3) is 0 Å². The molecule has 1 atom stereocenters. The second-order valence-corrected chi connectivity index (χ2v) is 4.29. The minimum absolute atomic E-state index is 0.0792. The summed E-state index contributed by atoms with van der Waals surface area (Å²) in [5.74, 6) is 0.799. The summed E-state index contributed by atoms with van der Waals surface area (Å²) < 4.78 is 0. The molecule has 1 aliphatic heterocycles. The Morgan fingerprint density at radius 3 is 2.46 bits per heavy atom. The molecule has 72 valence electrons. The van der Waals surface area contributed by atoms with E-state index >= 15 is 0 Å². The molecule has 0 aromatic carbocycles. The first-order valence-corrected chi connectivity index (χ1v) is 5.26. The van der Waals surface area contributed by atoms with Crippen LogP contribution in [-0.4, -0.2) is 11.9 Å². The van der Waals surface area contributed by atoms with E-state index in [0.29, 0.717) is 6.04 Å². The highest BCUT2D eigenvalue weighted by molar-refractivity contribution is 5.95. The first-order valence-electron chi connectivity index (χ1n) is 5.26. The Bertz CT molecular complexity index is 212. The van der Waals surface area contributed by atoms with Gasteiger partial charge in [0.2, 0.25) is 5.91 Å². The van der Waals surface area contributed by atoms with Gasteiger partial charge >= 0.3 is 0 Å². The summed E-state index contributed by atoms with van der Waals surface area (Å²) >= 11 is 0. The Labute approximate surface area is 79.4 Å². The molecule has 1 N–H and O–H groups in total. The summed E-state index contributed by atoms with van der Waals surface area (Å²) in [5, 5.41) is 3.03. The molecule has 2 rings (SSSR count). The van der Waals surface area contributed by atoms with Crippen LogP contribution < -0.4 is 5.32 Å². The molecule has 0 spiro atoms. The van der Waals surface area contributed by atoms with Crippen LogP contribution in [0.3, 0.4) is 0 Å². The predicted octanol–water partition coefficient (Wildman–Crippen LogP) is 2.01. The highest BCUT2D eigenvalue weighted by atomic mass is 16.2. The molecule has 2 fully saturated rings. The van der Waals surface area contributed by atoms with Crippen molar-refractivity contribution in [2.75, 3.05) is 0 Å². The van der Waals surface area contributed by atoms with Crippen molar-refractivity contribution in [3.8, 4) is 0 Å². The van der Waals surface area contributed by atoms with E-state index in [0.717, 1.165) is 17.9 Å². The van der Waals surface area contributed by atoms with Crippen molar-refractivity contribution in [1.82, 2.24) is 5.32 Å². The number of amides is 1. The zero-order valence-electron chi connectivity index (χ0n) is 8.01. The third kappa shape index (κ3) is 1.77. The van der Waals surface area contributed by atoms with E-state index in [2.05, 4.69) is 11.9 Å². The fourth-order valence-corrected chi connectivity index (χ4v) is 2.50. The molecule has 13 heavy (non-hydrogen) atoms. The molecule has 2 nitrogen and oxygen atoms in total. The summed E-state index contributed by atoms with van der Waals surface area (Å²) in [6, 6.07) is 0.403. The van der Waals surface area contributed by atoms with Crippen LogP contribution in [0.15, 0.2) is 12.2 Å². The number of hydrogen-bond acceptors (Lipinski definition) is 1. The fourth-order valence-electron chi connectivity index (χ4n) is 2.50. The van der Waals surface area contributed by atoms with Gasteiger partial charge in [-0.25, -0.2) is 0 Å². The van der Waals surface area contributed by atoms with Crippen LogP contribution in [0.2, 0.25) is 0 Å². The predicted molar refractivity (Wildman–Crippen MR) is 52.3 cm³/mol. The van der Waals surface area contributed by atoms with Crippen molar-refractivity contribution >= 4 is 5.91 Å². The molecule has 0 aromatic heterocycles. The first kappa shape index (κ1) is 8.79. The van der Waals surface area contributed by atoms with Crippen LogP contribution >= 0.6 is 0 Å². The molecule has 1 saturated carbocycles. The Kier molecular flexibility index (Phi) is 2.38. The van der Waals surface area contributed by atoms with Crippen LogP contribution in [0.5, 0.6) is 0 Å². The first-order chi connectivity index (χ1) is 6.27. The van der Waals surface area contributed by atoms with Gasteiger partial charge in [0, 0.05) is 11.6 Å². The average Bonchev–Trinajstić information content (AvgIpc) is 2.49. The summed E-state index contributed by atoms with van der Waals surface area (Å²) in [6.45, 7) is 3.77. The Morgan fingerprint density at radius 2 is 1.92 bits per heavy atom. The number of hydrogen-bond donors (Lipinski definition) is 1. The minimum atomic E-state index is 0.0792. The SMILES string of the molecule is C=C1C[C@H](C2CCCCC2)NC1=O. The number of nitrogens with one attached hydrogen (secondary N) is 1. The Balaban J connectivity index is 1.94. The van der Waals surface area contributed by atoms with E-state index in [1.54, 1.807) is 0 Å². The molecule has 2 aliphatic rings. The lowest BCUT2D eigenvalue weighted by atomic mass is 9.83. The zero-order chi connectivity index (χ0) is 9.26. The minimum Gasteiger partial charge on any atom is -0.349 e. The maximum absolute atomic E-state index is 11.2. The van der Waals surface area contributed by atoms with Crippen LogP contribution in [0.4, 0.5) is 0 Å². The summed E-state index contributed by atoms with van der Waals surface area (Å²) in [5.41, 5.74) is 0.774. The normalized spacial score (nSPS) is 30.6. The van der Waals surface area contributed by atoms with E-state index in [9.17, 15) is 4.79 Å². The summed E-state index contributed by atoms with van der Waals surface area (Å²) in [6.07, 6.45) is 7.51. The van der Waals surface area contributed by atoms with E-state index in [1.807, 2.05) is 0 Å². The molecular formula is C11H17NO. The van der Waals surface area contributed by atoms with Crippen LogP contribution in [-0.2, 0) is 4.79 Å². The molecule has 0 aromatic rings. The highest BCUT2D eigenvalue weighted by Crippen LogP contribution is 2.31. The van der Waals surface area contributed by atoms with E-state index in [4.69, 9.17) is 0 Å². The second kappa shape index (κ2) is 3.52. The molecular weight excluding hydrogens is 162 g/mol. The second-order valence-electron chi connectivity index (χ2n) is 4.29. The largest absolute Gasteiger partial charge is 0.349 e. The zero-order valence-corrected chi connectivity index (χ0v) is 8.01. The lowest BCUT2D eigenvalue weighted by Crippen LogP contribution is -2.33. The van der Waals surface area contributed by atoms with Crippen LogP contribution in [0, 0.1) is 5.92 Å². The van der Waals surface area contributed by atoms with Gasteiger partial charge in [-0.05, 0) is 25.2 Å². The third-order valence-corrected chi connectivity index (χ3v) is 3.32. The van der Waals surface area contributed by atoms with Crippen molar-refractivity contribution in [1.29, 1.82) is 0 Å². The van der Waals surface area contributed by atoms with Gasteiger partial charge in [-0.1, -0.05) is 25.8 Å². The maximum Gasteiger partial charge on any atom is 0.246 e. The van der Waals surface area contributed by atoms with Gasteiger partial charge in [0.1, 0.15) is 0 Å². The molecule has 0 unspecified atom stereocenters. The third-order valence-electron chi connectivity index (χ3n) is 3.32. The Morgan fingerprint density at radius 1 is 1.23 bits per heavy atom. The smallest absolute Gasteiger partial charge is 0.246 e. The molecule has 2 heteroatoms. The lowest BCUT2D eigenvalue weighted by molar-refractivity contribution is -0.116. The van der Waals surface area contributed by atoms with Crippen LogP contribution in [0.1, 0.15) is 38.5 Å². The monoisotopic (exact) mass is 179 g/mol. The molecule has 1 amide bonds. The number of carbonyl (C=O) groups excluding carboxylic acids is 1. The van der Waals surface area contributed by atoms with Crippen molar-refractivity contribution in [2.45, 2.75) is 44.6 Å². The van der Waals surface area contributed by atoms with Gasteiger partial charge in [-0.15, -0.1) is 0 Å². The Hall–Kier alpha value is -0.790. The van der Waals surface area contributed by atoms with Crippen molar-refractivity contribution in [2.24, 2.45) is 5.92 Å². The number of rotatable bonds is 1. The molecule has 1 saturated heterocycles. The molecule has 0 bridgehead atoms. The molecule has 1 aliphatic carbocycles. The van der Waals surface area contributed by atoms with Gasteiger partial charge in [-0.3, -0.25) is 4.79 Å². The molecule has 0 radical (unpaired) electrons. The van der Waals surface area contributed by atoms with Crippen molar-refractivity contribution in [3.05, 3.63) is 12.2 Å². The standard InChI is InChI=1S/C11H17NO/c1-8-7-10(12-11(8)13)9-5-3-2-4-6-9/h9-10H,1-7H2,(H,12,13)/t10-/m1/s1. The van der Waals surface area contributed by atoms with Gasteiger partial charge < -0.3 is 5.32 Å². The van der Waals surface area contributed by atoms with E-state index < -0.39 is 0 Å². The average molecular weight is 179 g/mol. The number of carbonyl (C=O) groups is 1. The van der Waals surface area contributed by atoms with E-state index in [1.165, 1.54) is 32.1 Å². The lowest BCUT2D eigenvalue weighted by Gasteiger charge is -2.26. The van der Waals surface area contributed by atoms with Gasteiger partial charge in [-0.2, -0.15) is 0 Å². The topological polar surface area (TPSA) is 29.1 Å². The van der Waals surface area contributed by atoms with Crippen LogP contribution in [0.25, 0.3) is 0 Å². The summed E-state index contributed by atoms with van der Waals surface area (Å²) in [4.78, 5) is 11.2. The van der Waals surface area contributed by atoms with Gasteiger partial charge in [0.15, 0.2) is 0 Å². The quantitative estimate of drug-likeness (QED) is 0.613. The fraction of sp³-hybridized carbons (Fsp3) is 0.727.